The molecule has 6 amide bonds. The van der Waals surface area contributed by atoms with Gasteiger partial charge in [0.25, 0.3) is 11.8 Å². The molecule has 0 radical (unpaired) electrons. The van der Waals surface area contributed by atoms with Crippen LogP contribution in [0.25, 0.3) is 0 Å². The average molecular weight is 853 g/mol. The van der Waals surface area contributed by atoms with Crippen molar-refractivity contribution in [2.45, 2.75) is 44.9 Å². The number of rotatable bonds is 15. The standard InChI is InChI=1S/C36H34F6N8O6S2/c1-49(16-24-18-57-34(45-24)47-32(53)43-14-19-6-4-8-22(37)10-19)31(52)28-21(13-27(56-28)36(40,41)42)12-26(55-3)30(51)50(2)17-25-29(39)58-35(46-25)48-33(54)44-15-20-7-5-9-23(38)11-20/h4-11,13,18,26H,12,14-17H2,1-3H3,(H2,43,45,47,53)(H2,44,46,48,54)/t26-/m1/s1. The first-order chi connectivity index (χ1) is 27.5. The summed E-state index contributed by atoms with van der Waals surface area (Å²) in [5.41, 5.74) is 0.734. The number of carbonyl (C=O) groups excluding carboxylic acids is 4. The second-order valence-electron chi connectivity index (χ2n) is 12.5. The van der Waals surface area contributed by atoms with Crippen molar-refractivity contribution in [2.24, 2.45) is 0 Å². The second kappa shape index (κ2) is 19.0. The Bertz CT molecular complexity index is 2260. The highest BCUT2D eigenvalue weighted by atomic mass is 32.1. The third-order valence-corrected chi connectivity index (χ3v) is 9.69. The molecule has 1 atom stereocenters. The molecule has 58 heavy (non-hydrogen) atoms. The Labute approximate surface area is 334 Å². The Morgan fingerprint density at radius 2 is 1.45 bits per heavy atom. The van der Waals surface area contributed by atoms with Crippen LogP contribution in [0.1, 0.15) is 44.4 Å². The number of methoxy groups -OCH3 is 1. The van der Waals surface area contributed by atoms with Crippen molar-refractivity contribution < 1.29 is 54.7 Å². The van der Waals surface area contributed by atoms with E-state index in [1.54, 1.807) is 12.1 Å². The summed E-state index contributed by atoms with van der Waals surface area (Å²) in [5.74, 6) is -4.95. The maximum atomic E-state index is 14.8. The van der Waals surface area contributed by atoms with Crippen LogP contribution in [-0.4, -0.2) is 71.0 Å². The molecule has 3 aromatic heterocycles. The number of carbonyl (C=O) groups is 4. The Morgan fingerprint density at radius 1 is 0.845 bits per heavy atom. The topological polar surface area (TPSA) is 171 Å². The molecule has 2 aromatic carbocycles. The summed E-state index contributed by atoms with van der Waals surface area (Å²) in [4.78, 5) is 61.9. The van der Waals surface area contributed by atoms with Crippen molar-refractivity contribution >= 4 is 56.8 Å². The van der Waals surface area contributed by atoms with Gasteiger partial charge in [-0.15, -0.1) is 11.3 Å². The predicted octanol–water partition coefficient (Wildman–Crippen LogP) is 6.76. The lowest BCUT2D eigenvalue weighted by Crippen LogP contribution is -2.39. The number of hydrogen-bond acceptors (Lipinski definition) is 10. The van der Waals surface area contributed by atoms with E-state index in [-0.39, 0.29) is 46.8 Å². The van der Waals surface area contributed by atoms with Gasteiger partial charge in [0, 0.05) is 51.7 Å². The molecule has 0 saturated carbocycles. The van der Waals surface area contributed by atoms with Crippen molar-refractivity contribution in [2.75, 3.05) is 31.8 Å². The van der Waals surface area contributed by atoms with E-state index in [1.165, 1.54) is 55.9 Å². The van der Waals surface area contributed by atoms with Crippen LogP contribution in [0, 0.1) is 16.8 Å². The second-order valence-corrected chi connectivity index (χ2v) is 14.3. The third-order valence-electron chi connectivity index (χ3n) is 8.08. The zero-order chi connectivity index (χ0) is 42.1. The van der Waals surface area contributed by atoms with Gasteiger partial charge < -0.3 is 29.6 Å². The maximum Gasteiger partial charge on any atom is 0.449 e. The summed E-state index contributed by atoms with van der Waals surface area (Å²) in [6.07, 6.45) is -7.02. The van der Waals surface area contributed by atoms with E-state index in [1.807, 2.05) is 0 Å². The molecule has 3 heterocycles. The smallest absolute Gasteiger partial charge is 0.446 e. The van der Waals surface area contributed by atoms with E-state index >= 15 is 0 Å². The highest BCUT2D eigenvalue weighted by molar-refractivity contribution is 7.14. The summed E-state index contributed by atoms with van der Waals surface area (Å²) in [6.45, 7) is -0.647. The fourth-order valence-corrected chi connectivity index (χ4v) is 6.66. The summed E-state index contributed by atoms with van der Waals surface area (Å²) in [7, 11) is 3.68. The van der Waals surface area contributed by atoms with Gasteiger partial charge in [-0.25, -0.2) is 28.3 Å². The summed E-state index contributed by atoms with van der Waals surface area (Å²) >= 11 is 1.50. The molecule has 4 N–H and O–H groups in total. The third kappa shape index (κ3) is 11.8. The number of halogens is 6. The Hall–Kier alpha value is -6.00. The van der Waals surface area contributed by atoms with Crippen molar-refractivity contribution in [1.82, 2.24) is 30.4 Å². The van der Waals surface area contributed by atoms with E-state index in [9.17, 15) is 45.5 Å². The number of furan rings is 1. The van der Waals surface area contributed by atoms with Crippen LogP contribution >= 0.6 is 22.7 Å². The number of nitrogens with zero attached hydrogens (tertiary/aromatic N) is 4. The molecule has 0 unspecified atom stereocenters. The number of ether oxygens (including phenoxy) is 1. The van der Waals surface area contributed by atoms with E-state index in [0.717, 1.165) is 28.2 Å². The summed E-state index contributed by atoms with van der Waals surface area (Å²) < 4.78 is 93.3. The van der Waals surface area contributed by atoms with Gasteiger partial charge in [0.2, 0.25) is 10.9 Å². The fraction of sp³-hybridized carbons (Fsp3) is 0.278. The highest BCUT2D eigenvalue weighted by Gasteiger charge is 2.39. The van der Waals surface area contributed by atoms with Gasteiger partial charge in [-0.1, -0.05) is 35.6 Å². The minimum absolute atomic E-state index is 0.0292. The number of thiazole rings is 2. The van der Waals surface area contributed by atoms with Crippen LogP contribution in [0.4, 0.5) is 46.2 Å². The van der Waals surface area contributed by atoms with Gasteiger partial charge in [-0.05, 0) is 41.5 Å². The van der Waals surface area contributed by atoms with Crippen LogP contribution < -0.4 is 21.3 Å². The molecular weight excluding hydrogens is 819 g/mol. The molecular formula is C36H34F6N8O6S2. The number of anilines is 2. The molecule has 14 nitrogen and oxygen atoms in total. The minimum atomic E-state index is -5.00. The van der Waals surface area contributed by atoms with Crippen LogP contribution in [0.15, 0.2) is 64.4 Å². The summed E-state index contributed by atoms with van der Waals surface area (Å²) in [5, 5.41) is 10.6. The van der Waals surface area contributed by atoms with Gasteiger partial charge in [0.05, 0.1) is 18.8 Å². The van der Waals surface area contributed by atoms with E-state index < -0.39 is 77.4 Å². The van der Waals surface area contributed by atoms with Crippen molar-refractivity contribution in [3.05, 3.63) is 116 Å². The lowest BCUT2D eigenvalue weighted by molar-refractivity contribution is -0.153. The van der Waals surface area contributed by atoms with Gasteiger partial charge in [-0.2, -0.15) is 17.6 Å². The van der Waals surface area contributed by atoms with E-state index in [0.29, 0.717) is 28.5 Å². The average Bonchev–Trinajstić information content (AvgIpc) is 3.89. The first-order valence-corrected chi connectivity index (χ1v) is 18.6. The van der Waals surface area contributed by atoms with E-state index in [4.69, 9.17) is 9.15 Å². The molecule has 5 rings (SSSR count). The highest BCUT2D eigenvalue weighted by Crippen LogP contribution is 2.34. The Balaban J connectivity index is 1.19. The normalized spacial score (nSPS) is 11.8. The monoisotopic (exact) mass is 852 g/mol. The van der Waals surface area contributed by atoms with Crippen LogP contribution in [0.3, 0.4) is 0 Å². The molecule has 22 heteroatoms. The van der Waals surface area contributed by atoms with Crippen molar-refractivity contribution in [3.63, 3.8) is 0 Å². The zero-order valence-corrected chi connectivity index (χ0v) is 32.3. The number of amides is 6. The lowest BCUT2D eigenvalue weighted by atomic mass is 10.1. The number of hydrogen-bond donors (Lipinski definition) is 4. The lowest BCUT2D eigenvalue weighted by Gasteiger charge is -2.22. The SMILES string of the molecule is CO[C@H](Cc1cc(C(F)(F)F)oc1C(=O)N(C)Cc1csc(NC(=O)NCc2cccc(F)c2)n1)C(=O)N(C)Cc1nc(NC(=O)NCc2cccc(F)c2)sc1F. The number of alkyl halides is 3. The molecule has 0 fully saturated rings. The van der Waals surface area contributed by atoms with Gasteiger partial charge in [0.15, 0.2) is 16.0 Å². The van der Waals surface area contributed by atoms with Crippen LogP contribution in [0.5, 0.6) is 0 Å². The first-order valence-electron chi connectivity index (χ1n) is 16.9. The van der Waals surface area contributed by atoms with E-state index in [2.05, 4.69) is 31.2 Å². The molecule has 0 saturated heterocycles. The maximum absolute atomic E-state index is 14.8. The van der Waals surface area contributed by atoms with Crippen molar-refractivity contribution in [1.29, 1.82) is 0 Å². The van der Waals surface area contributed by atoms with Crippen LogP contribution in [-0.2, 0) is 48.3 Å². The Morgan fingerprint density at radius 3 is 2.02 bits per heavy atom. The number of likely N-dealkylation sites (N-methyl/N-ethyl adjacent to an activating group) is 1. The number of benzene rings is 2. The van der Waals surface area contributed by atoms with Gasteiger partial charge in [0.1, 0.15) is 23.4 Å². The molecule has 0 aliphatic rings. The number of aromatic nitrogens is 2. The molecule has 0 aliphatic heterocycles. The van der Waals surface area contributed by atoms with Gasteiger partial charge >= 0.3 is 18.2 Å². The molecule has 0 spiro atoms. The number of nitrogens with one attached hydrogen (secondary N) is 4. The molecule has 308 valence electrons. The molecule has 5 aromatic rings. The fourth-order valence-electron chi connectivity index (χ4n) is 5.27. The minimum Gasteiger partial charge on any atom is -0.446 e. The van der Waals surface area contributed by atoms with Gasteiger partial charge in [-0.3, -0.25) is 20.2 Å². The summed E-state index contributed by atoms with van der Waals surface area (Å²) in [6, 6.07) is 10.4. The van der Waals surface area contributed by atoms with Crippen LogP contribution in [0.2, 0.25) is 0 Å². The largest absolute Gasteiger partial charge is 0.449 e. The molecule has 0 aliphatic carbocycles. The quantitative estimate of drug-likeness (QED) is 0.0838. The molecule has 0 bridgehead atoms. The predicted molar refractivity (Wildman–Crippen MR) is 199 cm³/mol. The van der Waals surface area contributed by atoms with Crippen molar-refractivity contribution in [3.8, 4) is 0 Å². The number of urea groups is 2. The zero-order valence-electron chi connectivity index (χ0n) is 30.7. The first kappa shape index (κ1) is 43.1. The Kier molecular flexibility index (Phi) is 14.1.